The van der Waals surface area contributed by atoms with E-state index < -0.39 is 36.4 Å². The highest BCUT2D eigenvalue weighted by atomic mass is 35.5. The summed E-state index contributed by atoms with van der Waals surface area (Å²) in [6, 6.07) is 21.6. The third kappa shape index (κ3) is 6.26. The topological polar surface area (TPSA) is 90.9 Å². The summed E-state index contributed by atoms with van der Waals surface area (Å²) in [7, 11) is 0. The predicted molar refractivity (Wildman–Crippen MR) is 147 cm³/mol. The molecule has 0 spiro atoms. The fraction of sp³-hybridized carbons (Fsp3) is 0.241. The van der Waals surface area contributed by atoms with Crippen LogP contribution in [0.25, 0.3) is 0 Å². The Labute approximate surface area is 232 Å². The Kier molecular flexibility index (Phi) is 9.20. The molecule has 1 heterocycles. The summed E-state index contributed by atoms with van der Waals surface area (Å²) in [6.07, 6.45) is -0.694. The lowest BCUT2D eigenvalue weighted by Crippen LogP contribution is -2.56. The molecule has 1 aliphatic heterocycles. The van der Waals surface area contributed by atoms with E-state index in [1.54, 1.807) is 59.5 Å². The highest BCUT2D eigenvalue weighted by Crippen LogP contribution is 2.47. The predicted octanol–water partition coefficient (Wildman–Crippen LogP) is 5.28. The lowest BCUT2D eigenvalue weighted by molar-refractivity contribution is -0.181. The molecule has 3 aromatic carbocycles. The largest absolute Gasteiger partial charge is 0.377 e. The van der Waals surface area contributed by atoms with Crippen molar-refractivity contribution in [2.45, 2.75) is 43.9 Å². The lowest BCUT2D eigenvalue weighted by atomic mass is 9.88. The van der Waals surface area contributed by atoms with E-state index in [0.717, 1.165) is 11.1 Å². The van der Waals surface area contributed by atoms with Gasteiger partial charge >= 0.3 is 0 Å². The van der Waals surface area contributed by atoms with Crippen LogP contribution in [0.5, 0.6) is 0 Å². The maximum Gasteiger partial charge on any atom is 0.261 e. The number of hydrogen-bond acceptors (Lipinski definition) is 5. The highest BCUT2D eigenvalue weighted by molar-refractivity contribution is 6.30. The van der Waals surface area contributed by atoms with E-state index >= 15 is 0 Å². The smallest absolute Gasteiger partial charge is 0.261 e. The standard InChI is InChI=1S/C29H29Cl2N3O4/c1-3-8-24-29(37)34(26(19-9-5-4-6-10-19)28(36)33-32-18(2)35)25(20-13-15-22(30)16-14-20)27(38-24)21-11-7-12-23(31)17-21/h3-7,9-18,24-27,32,35H,1,8H2,2H3,(H,33,36)/t18?,24-,25+,26-,27-/m0/s1. The van der Waals surface area contributed by atoms with Crippen LogP contribution < -0.4 is 10.9 Å². The summed E-state index contributed by atoms with van der Waals surface area (Å²) in [6.45, 7) is 5.27. The number of benzene rings is 3. The number of hydrazine groups is 1. The molecule has 0 aliphatic carbocycles. The van der Waals surface area contributed by atoms with Crippen LogP contribution in [-0.2, 0) is 14.3 Å². The number of amides is 2. The number of aliphatic hydroxyl groups excluding tert-OH is 1. The first-order valence-corrected chi connectivity index (χ1v) is 12.9. The number of aliphatic hydroxyl groups is 1. The Balaban J connectivity index is 1.93. The number of hydrogen-bond donors (Lipinski definition) is 3. The SMILES string of the molecule is C=CC[C@@H]1O[C@@H](c2cccc(Cl)c2)[C@@H](c2ccc(Cl)cc2)N([C@H](C(=O)NNC(C)O)c2ccccc2)C1=O. The van der Waals surface area contributed by atoms with E-state index in [9.17, 15) is 14.7 Å². The van der Waals surface area contributed by atoms with Gasteiger partial charge in [0, 0.05) is 16.5 Å². The number of carbonyl (C=O) groups excluding carboxylic acids is 2. The number of halogens is 2. The second-order valence-electron chi connectivity index (χ2n) is 8.99. The van der Waals surface area contributed by atoms with Crippen LogP contribution in [0.1, 0.15) is 48.2 Å². The van der Waals surface area contributed by atoms with Gasteiger partial charge in [0.2, 0.25) is 0 Å². The molecule has 4 rings (SSSR count). The van der Waals surface area contributed by atoms with Crippen molar-refractivity contribution in [1.82, 2.24) is 15.8 Å². The van der Waals surface area contributed by atoms with Gasteiger partial charge < -0.3 is 14.7 Å². The molecule has 1 aliphatic rings. The van der Waals surface area contributed by atoms with Crippen molar-refractivity contribution >= 4 is 35.0 Å². The van der Waals surface area contributed by atoms with Gasteiger partial charge in [-0.1, -0.05) is 83.9 Å². The Hall–Kier alpha value is -3.20. The monoisotopic (exact) mass is 553 g/mol. The van der Waals surface area contributed by atoms with E-state index in [1.165, 1.54) is 6.92 Å². The van der Waals surface area contributed by atoms with E-state index in [1.807, 2.05) is 30.3 Å². The van der Waals surface area contributed by atoms with Crippen molar-refractivity contribution in [2.24, 2.45) is 0 Å². The van der Waals surface area contributed by atoms with E-state index in [-0.39, 0.29) is 12.3 Å². The van der Waals surface area contributed by atoms with Gasteiger partial charge in [0.15, 0.2) is 0 Å². The van der Waals surface area contributed by atoms with E-state index in [4.69, 9.17) is 27.9 Å². The molecule has 3 N–H and O–H groups in total. The average molecular weight is 554 g/mol. The molecule has 1 fully saturated rings. The molecule has 198 valence electrons. The molecule has 2 amide bonds. The fourth-order valence-electron chi connectivity index (χ4n) is 4.61. The third-order valence-corrected chi connectivity index (χ3v) is 6.73. The first kappa shape index (κ1) is 27.8. The molecule has 3 aromatic rings. The maximum atomic E-state index is 14.1. The first-order chi connectivity index (χ1) is 18.3. The van der Waals surface area contributed by atoms with Crippen molar-refractivity contribution in [1.29, 1.82) is 0 Å². The van der Waals surface area contributed by atoms with E-state index in [2.05, 4.69) is 17.4 Å². The lowest BCUT2D eigenvalue weighted by Gasteiger charge is -2.47. The zero-order valence-corrected chi connectivity index (χ0v) is 22.3. The molecule has 5 atom stereocenters. The Morgan fingerprint density at radius 3 is 2.39 bits per heavy atom. The molecular formula is C29H29Cl2N3O4. The van der Waals surface area contributed by atoms with Gasteiger partial charge in [-0.3, -0.25) is 15.0 Å². The number of rotatable bonds is 9. The van der Waals surface area contributed by atoms with Crippen LogP contribution in [0.3, 0.4) is 0 Å². The van der Waals surface area contributed by atoms with Gasteiger partial charge in [0.05, 0.1) is 6.04 Å². The van der Waals surface area contributed by atoms with Gasteiger partial charge in [-0.05, 0) is 47.9 Å². The van der Waals surface area contributed by atoms with Crippen LogP contribution in [0.2, 0.25) is 10.0 Å². The molecular weight excluding hydrogens is 525 g/mol. The Bertz CT molecular complexity index is 1270. The number of morpholine rings is 1. The van der Waals surface area contributed by atoms with Crippen molar-refractivity contribution in [2.75, 3.05) is 0 Å². The van der Waals surface area contributed by atoms with E-state index in [0.29, 0.717) is 15.6 Å². The van der Waals surface area contributed by atoms with Crippen LogP contribution in [-0.4, -0.2) is 34.2 Å². The summed E-state index contributed by atoms with van der Waals surface area (Å²) in [5.41, 5.74) is 7.15. The summed E-state index contributed by atoms with van der Waals surface area (Å²) in [5, 5.41) is 10.8. The molecule has 0 aromatic heterocycles. The molecule has 9 heteroatoms. The summed E-state index contributed by atoms with van der Waals surface area (Å²) in [4.78, 5) is 29.4. The second kappa shape index (κ2) is 12.6. The average Bonchev–Trinajstić information content (AvgIpc) is 2.91. The summed E-state index contributed by atoms with van der Waals surface area (Å²) >= 11 is 12.6. The summed E-state index contributed by atoms with van der Waals surface area (Å²) in [5.74, 6) is -0.891. The normalized spacial score (nSPS) is 21.0. The number of nitrogens with one attached hydrogen (secondary N) is 2. The zero-order valence-electron chi connectivity index (χ0n) is 20.8. The minimum Gasteiger partial charge on any atom is -0.377 e. The molecule has 0 bridgehead atoms. The van der Waals surface area contributed by atoms with Gasteiger partial charge in [0.25, 0.3) is 11.8 Å². The minimum atomic E-state index is -1.06. The van der Waals surface area contributed by atoms with Crippen LogP contribution in [0.15, 0.2) is 91.5 Å². The molecule has 0 radical (unpaired) electrons. The molecule has 7 nitrogen and oxygen atoms in total. The number of nitrogens with zero attached hydrogens (tertiary/aromatic N) is 1. The number of carbonyl (C=O) groups is 2. The maximum absolute atomic E-state index is 14.1. The van der Waals surface area contributed by atoms with Gasteiger partial charge in [-0.15, -0.1) is 6.58 Å². The van der Waals surface area contributed by atoms with Crippen LogP contribution >= 0.6 is 23.2 Å². The second-order valence-corrected chi connectivity index (χ2v) is 9.86. The Morgan fingerprint density at radius 2 is 1.76 bits per heavy atom. The van der Waals surface area contributed by atoms with Gasteiger partial charge in [-0.2, -0.15) is 0 Å². The summed E-state index contributed by atoms with van der Waals surface area (Å²) < 4.78 is 6.43. The molecule has 38 heavy (non-hydrogen) atoms. The van der Waals surface area contributed by atoms with Crippen molar-refractivity contribution < 1.29 is 19.4 Å². The number of ether oxygens (including phenoxy) is 1. The van der Waals surface area contributed by atoms with Gasteiger partial charge in [-0.25, -0.2) is 5.43 Å². The van der Waals surface area contributed by atoms with Gasteiger partial charge in [0.1, 0.15) is 24.5 Å². The van der Waals surface area contributed by atoms with Crippen molar-refractivity contribution in [3.8, 4) is 0 Å². The molecule has 0 saturated carbocycles. The third-order valence-electron chi connectivity index (χ3n) is 6.24. The quantitative estimate of drug-likeness (QED) is 0.190. The highest BCUT2D eigenvalue weighted by Gasteiger charge is 2.48. The minimum absolute atomic E-state index is 0.245. The molecule has 1 unspecified atom stereocenters. The Morgan fingerprint density at radius 1 is 1.05 bits per heavy atom. The first-order valence-electron chi connectivity index (χ1n) is 12.2. The van der Waals surface area contributed by atoms with Crippen molar-refractivity contribution in [3.63, 3.8) is 0 Å². The van der Waals surface area contributed by atoms with Crippen LogP contribution in [0, 0.1) is 0 Å². The zero-order chi connectivity index (χ0) is 27.2. The fourth-order valence-corrected chi connectivity index (χ4v) is 4.94. The van der Waals surface area contributed by atoms with Crippen LogP contribution in [0.4, 0.5) is 0 Å². The van der Waals surface area contributed by atoms with Crippen molar-refractivity contribution in [3.05, 3.63) is 118 Å². The molecule has 1 saturated heterocycles.